The lowest BCUT2D eigenvalue weighted by Crippen LogP contribution is -2.54. The number of aromatic nitrogens is 3. The van der Waals surface area contributed by atoms with Crippen molar-refractivity contribution in [2.24, 2.45) is 5.92 Å². The molecule has 0 amide bonds. The van der Waals surface area contributed by atoms with Crippen molar-refractivity contribution >= 4 is 28.5 Å². The largest absolute Gasteiger partial charge is 0.469 e. The van der Waals surface area contributed by atoms with Gasteiger partial charge in [0, 0.05) is 30.9 Å². The van der Waals surface area contributed by atoms with Gasteiger partial charge in [-0.3, -0.25) is 4.79 Å². The third-order valence-corrected chi connectivity index (χ3v) is 6.01. The summed E-state index contributed by atoms with van der Waals surface area (Å²) in [5.74, 6) is 2.08. The van der Waals surface area contributed by atoms with Crippen LogP contribution in [0, 0.1) is 5.92 Å². The van der Waals surface area contributed by atoms with Crippen molar-refractivity contribution in [3.63, 3.8) is 0 Å². The first-order chi connectivity index (χ1) is 15.2. The SMILES string of the molecule is COC(=O)C1CCN(c2nccnc2OC2CN(c3ccc4ccccc4n3)C2)CC1. The number of rotatable bonds is 5. The highest BCUT2D eigenvalue weighted by Gasteiger charge is 2.32. The van der Waals surface area contributed by atoms with Crippen LogP contribution in [-0.4, -0.2) is 60.3 Å². The molecule has 0 radical (unpaired) electrons. The number of esters is 1. The van der Waals surface area contributed by atoms with Gasteiger partial charge < -0.3 is 19.3 Å². The Hall–Kier alpha value is -3.42. The monoisotopic (exact) mass is 419 g/mol. The number of fused-ring (bicyclic) bond motifs is 1. The molecule has 0 aliphatic carbocycles. The molecule has 0 N–H and O–H groups in total. The lowest BCUT2D eigenvalue weighted by Gasteiger charge is -2.40. The predicted octanol–water partition coefficient (Wildman–Crippen LogP) is 2.68. The molecule has 0 saturated carbocycles. The highest BCUT2D eigenvalue weighted by Crippen LogP contribution is 2.31. The van der Waals surface area contributed by atoms with Crippen molar-refractivity contribution in [3.8, 4) is 5.88 Å². The molecule has 5 rings (SSSR count). The molecule has 0 unspecified atom stereocenters. The maximum Gasteiger partial charge on any atom is 0.308 e. The minimum Gasteiger partial charge on any atom is -0.469 e. The highest BCUT2D eigenvalue weighted by atomic mass is 16.5. The van der Waals surface area contributed by atoms with Gasteiger partial charge in [0.2, 0.25) is 0 Å². The molecule has 2 saturated heterocycles. The topological polar surface area (TPSA) is 80.7 Å². The summed E-state index contributed by atoms with van der Waals surface area (Å²) in [6.07, 6.45) is 4.86. The van der Waals surface area contributed by atoms with Gasteiger partial charge in [0.15, 0.2) is 5.82 Å². The quantitative estimate of drug-likeness (QED) is 0.584. The molecule has 1 aromatic carbocycles. The average Bonchev–Trinajstić information content (AvgIpc) is 2.80. The summed E-state index contributed by atoms with van der Waals surface area (Å²) in [7, 11) is 1.44. The fourth-order valence-electron chi connectivity index (χ4n) is 4.20. The number of carbonyl (C=O) groups excluding carboxylic acids is 1. The Bertz CT molecular complexity index is 1080. The van der Waals surface area contributed by atoms with Gasteiger partial charge in [-0.2, -0.15) is 0 Å². The second-order valence-corrected chi connectivity index (χ2v) is 7.98. The molecule has 31 heavy (non-hydrogen) atoms. The maximum absolute atomic E-state index is 11.8. The van der Waals surface area contributed by atoms with Crippen molar-refractivity contribution in [1.29, 1.82) is 0 Å². The normalized spacial score (nSPS) is 17.5. The van der Waals surface area contributed by atoms with Crippen molar-refractivity contribution in [1.82, 2.24) is 15.0 Å². The zero-order valence-corrected chi connectivity index (χ0v) is 17.5. The Morgan fingerprint density at radius 1 is 1.00 bits per heavy atom. The molecule has 2 aromatic heterocycles. The minimum absolute atomic E-state index is 0.0383. The molecule has 160 valence electrons. The van der Waals surface area contributed by atoms with Gasteiger partial charge in [0.25, 0.3) is 5.88 Å². The third-order valence-electron chi connectivity index (χ3n) is 6.01. The van der Waals surface area contributed by atoms with E-state index in [0.29, 0.717) is 5.88 Å². The zero-order chi connectivity index (χ0) is 21.2. The smallest absolute Gasteiger partial charge is 0.308 e. The van der Waals surface area contributed by atoms with Gasteiger partial charge in [-0.1, -0.05) is 18.2 Å². The molecule has 8 heteroatoms. The lowest BCUT2D eigenvalue weighted by atomic mass is 9.97. The Kier molecular flexibility index (Phi) is 5.28. The maximum atomic E-state index is 11.8. The van der Waals surface area contributed by atoms with E-state index in [2.05, 4.69) is 38.0 Å². The number of ether oxygens (including phenoxy) is 2. The zero-order valence-electron chi connectivity index (χ0n) is 17.5. The molecule has 0 atom stereocenters. The van der Waals surface area contributed by atoms with E-state index in [1.807, 2.05) is 18.2 Å². The van der Waals surface area contributed by atoms with Gasteiger partial charge in [-0.15, -0.1) is 0 Å². The van der Waals surface area contributed by atoms with E-state index in [-0.39, 0.29) is 18.0 Å². The number of methoxy groups -OCH3 is 1. The van der Waals surface area contributed by atoms with E-state index in [1.165, 1.54) is 7.11 Å². The second-order valence-electron chi connectivity index (χ2n) is 7.98. The first kappa shape index (κ1) is 19.5. The summed E-state index contributed by atoms with van der Waals surface area (Å²) < 4.78 is 11.1. The van der Waals surface area contributed by atoms with Gasteiger partial charge in [0.05, 0.1) is 31.6 Å². The van der Waals surface area contributed by atoms with Crippen LogP contribution < -0.4 is 14.5 Å². The van der Waals surface area contributed by atoms with Crippen molar-refractivity contribution in [2.45, 2.75) is 18.9 Å². The number of hydrogen-bond donors (Lipinski definition) is 0. The van der Waals surface area contributed by atoms with E-state index < -0.39 is 0 Å². The van der Waals surface area contributed by atoms with E-state index in [4.69, 9.17) is 14.5 Å². The molecule has 8 nitrogen and oxygen atoms in total. The molecule has 3 aromatic rings. The van der Waals surface area contributed by atoms with Crippen LogP contribution in [0.1, 0.15) is 12.8 Å². The summed E-state index contributed by atoms with van der Waals surface area (Å²) in [5.41, 5.74) is 0.996. The van der Waals surface area contributed by atoms with Crippen LogP contribution in [0.15, 0.2) is 48.8 Å². The van der Waals surface area contributed by atoms with Crippen LogP contribution >= 0.6 is 0 Å². The fraction of sp³-hybridized carbons (Fsp3) is 0.391. The molecular formula is C23H25N5O3. The van der Waals surface area contributed by atoms with E-state index >= 15 is 0 Å². The number of benzene rings is 1. The average molecular weight is 419 g/mol. The molecular weight excluding hydrogens is 394 g/mol. The number of nitrogens with zero attached hydrogens (tertiary/aromatic N) is 5. The predicted molar refractivity (Wildman–Crippen MR) is 117 cm³/mol. The fourth-order valence-corrected chi connectivity index (χ4v) is 4.20. The summed E-state index contributed by atoms with van der Waals surface area (Å²) in [5, 5.41) is 1.14. The molecule has 2 fully saturated rings. The van der Waals surface area contributed by atoms with Gasteiger partial charge in [0.1, 0.15) is 11.9 Å². The van der Waals surface area contributed by atoms with Crippen molar-refractivity contribution in [2.75, 3.05) is 43.1 Å². The standard InChI is InChI=1S/C23H25N5O3/c1-30-23(29)17-8-12-27(13-9-17)21-22(25-11-10-24-21)31-18-14-28(15-18)20-7-6-16-4-2-3-5-19(16)26-20/h2-7,10-11,17-18H,8-9,12-15H2,1H3. The number of para-hydroxylation sites is 1. The van der Waals surface area contributed by atoms with Crippen LogP contribution in [0.5, 0.6) is 5.88 Å². The number of carbonyl (C=O) groups is 1. The van der Waals surface area contributed by atoms with Crippen LogP contribution in [-0.2, 0) is 9.53 Å². The van der Waals surface area contributed by atoms with Gasteiger partial charge in [-0.05, 0) is 31.0 Å². The Morgan fingerprint density at radius 2 is 1.77 bits per heavy atom. The Labute approximate surface area is 180 Å². The van der Waals surface area contributed by atoms with E-state index in [9.17, 15) is 4.79 Å². The number of anilines is 2. The van der Waals surface area contributed by atoms with E-state index in [1.54, 1.807) is 12.4 Å². The van der Waals surface area contributed by atoms with Crippen LogP contribution in [0.3, 0.4) is 0 Å². The summed E-state index contributed by atoms with van der Waals surface area (Å²) >= 11 is 0. The summed E-state index contributed by atoms with van der Waals surface area (Å²) in [6.45, 7) is 2.97. The lowest BCUT2D eigenvalue weighted by molar-refractivity contribution is -0.146. The van der Waals surface area contributed by atoms with Gasteiger partial charge >= 0.3 is 5.97 Å². The second kappa shape index (κ2) is 8.37. The first-order valence-electron chi connectivity index (χ1n) is 10.6. The van der Waals surface area contributed by atoms with Gasteiger partial charge in [-0.25, -0.2) is 15.0 Å². The van der Waals surface area contributed by atoms with E-state index in [0.717, 1.165) is 61.6 Å². The van der Waals surface area contributed by atoms with Crippen LogP contribution in [0.25, 0.3) is 10.9 Å². The molecule has 2 aliphatic rings. The number of pyridine rings is 1. The first-order valence-corrected chi connectivity index (χ1v) is 10.6. The molecule has 2 aliphatic heterocycles. The summed E-state index contributed by atoms with van der Waals surface area (Å²) in [6, 6.07) is 12.3. The Morgan fingerprint density at radius 3 is 2.58 bits per heavy atom. The minimum atomic E-state index is -0.132. The highest BCUT2D eigenvalue weighted by molar-refractivity contribution is 5.80. The Balaban J connectivity index is 1.21. The number of piperidine rings is 1. The van der Waals surface area contributed by atoms with Crippen LogP contribution in [0.2, 0.25) is 0 Å². The van der Waals surface area contributed by atoms with Crippen molar-refractivity contribution < 1.29 is 14.3 Å². The van der Waals surface area contributed by atoms with Crippen molar-refractivity contribution in [3.05, 3.63) is 48.8 Å². The molecule has 0 spiro atoms. The number of hydrogen-bond acceptors (Lipinski definition) is 8. The molecule has 4 heterocycles. The third kappa shape index (κ3) is 3.97. The summed E-state index contributed by atoms with van der Waals surface area (Å²) in [4.78, 5) is 29.8. The molecule has 0 bridgehead atoms. The van der Waals surface area contributed by atoms with Crippen LogP contribution in [0.4, 0.5) is 11.6 Å².